The summed E-state index contributed by atoms with van der Waals surface area (Å²) in [5.41, 5.74) is 1.17. The quantitative estimate of drug-likeness (QED) is 0.803. The molecule has 0 saturated heterocycles. The Bertz CT molecular complexity index is 702. The number of hydrogen-bond donors (Lipinski definition) is 1. The standard InChI is InChI=1S/C18H23ClN4OS/c19-15-7-5-14(6-8-15)12-25-13-18(24)20-10-9-17-22-21-16-4-2-1-3-11-23(16)17/h5-8H,1-4,9-13H2,(H,20,24). The van der Waals surface area contributed by atoms with Crippen molar-refractivity contribution in [2.75, 3.05) is 12.3 Å². The van der Waals surface area contributed by atoms with Crippen LogP contribution < -0.4 is 5.32 Å². The van der Waals surface area contributed by atoms with Gasteiger partial charge >= 0.3 is 0 Å². The summed E-state index contributed by atoms with van der Waals surface area (Å²) in [6.07, 6.45) is 5.39. The van der Waals surface area contributed by atoms with Gasteiger partial charge in [-0.1, -0.05) is 30.2 Å². The van der Waals surface area contributed by atoms with Gasteiger partial charge in [0.05, 0.1) is 5.75 Å². The molecular weight excluding hydrogens is 356 g/mol. The number of nitrogens with zero attached hydrogens (tertiary/aromatic N) is 3. The molecule has 0 spiro atoms. The van der Waals surface area contributed by atoms with E-state index >= 15 is 0 Å². The maximum Gasteiger partial charge on any atom is 0.230 e. The Hall–Kier alpha value is -1.53. The van der Waals surface area contributed by atoms with Gasteiger partial charge in [0.25, 0.3) is 0 Å². The monoisotopic (exact) mass is 378 g/mol. The van der Waals surface area contributed by atoms with E-state index in [-0.39, 0.29) is 5.91 Å². The van der Waals surface area contributed by atoms with Crippen molar-refractivity contribution < 1.29 is 4.79 Å². The molecule has 1 N–H and O–H groups in total. The average molecular weight is 379 g/mol. The number of carbonyl (C=O) groups excluding carboxylic acids is 1. The molecule has 2 aromatic rings. The first-order chi connectivity index (χ1) is 12.2. The van der Waals surface area contributed by atoms with Crippen molar-refractivity contribution in [1.82, 2.24) is 20.1 Å². The number of nitrogens with one attached hydrogen (secondary N) is 1. The zero-order valence-corrected chi connectivity index (χ0v) is 15.8. The zero-order chi connectivity index (χ0) is 17.5. The van der Waals surface area contributed by atoms with Gasteiger partial charge in [0, 0.05) is 36.7 Å². The molecule has 7 heteroatoms. The van der Waals surface area contributed by atoms with Crippen LogP contribution in [0.15, 0.2) is 24.3 Å². The SMILES string of the molecule is O=C(CSCc1ccc(Cl)cc1)NCCc1nnc2n1CCCCC2. The van der Waals surface area contributed by atoms with E-state index in [1.54, 1.807) is 11.8 Å². The van der Waals surface area contributed by atoms with E-state index in [1.807, 2.05) is 24.3 Å². The van der Waals surface area contributed by atoms with Gasteiger partial charge in [-0.3, -0.25) is 4.79 Å². The van der Waals surface area contributed by atoms with E-state index in [4.69, 9.17) is 11.6 Å². The molecule has 1 aromatic heterocycles. The highest BCUT2D eigenvalue weighted by Crippen LogP contribution is 2.16. The number of fused-ring (bicyclic) bond motifs is 1. The molecule has 1 amide bonds. The van der Waals surface area contributed by atoms with Gasteiger partial charge in [-0.15, -0.1) is 22.0 Å². The number of hydrogen-bond acceptors (Lipinski definition) is 4. The summed E-state index contributed by atoms with van der Waals surface area (Å²) in [5, 5.41) is 12.3. The molecule has 0 fully saturated rings. The minimum atomic E-state index is 0.0644. The van der Waals surface area contributed by atoms with Gasteiger partial charge in [-0.25, -0.2) is 0 Å². The minimum Gasteiger partial charge on any atom is -0.355 e. The highest BCUT2D eigenvalue weighted by Gasteiger charge is 2.14. The van der Waals surface area contributed by atoms with Crippen LogP contribution in [0.2, 0.25) is 5.02 Å². The van der Waals surface area contributed by atoms with Crippen molar-refractivity contribution in [3.8, 4) is 0 Å². The molecule has 134 valence electrons. The largest absolute Gasteiger partial charge is 0.355 e. The highest BCUT2D eigenvalue weighted by molar-refractivity contribution is 7.99. The van der Waals surface area contributed by atoms with E-state index < -0.39 is 0 Å². The summed E-state index contributed by atoms with van der Waals surface area (Å²) in [5.74, 6) is 3.42. The summed E-state index contributed by atoms with van der Waals surface area (Å²) in [7, 11) is 0. The van der Waals surface area contributed by atoms with Crippen LogP contribution in [0.5, 0.6) is 0 Å². The van der Waals surface area contributed by atoms with Crippen LogP contribution in [0.25, 0.3) is 0 Å². The van der Waals surface area contributed by atoms with Crippen LogP contribution in [0.4, 0.5) is 0 Å². The molecule has 2 heterocycles. The van der Waals surface area contributed by atoms with E-state index in [1.165, 1.54) is 24.8 Å². The molecule has 0 bridgehead atoms. The Labute approximate surface area is 157 Å². The predicted molar refractivity (Wildman–Crippen MR) is 102 cm³/mol. The number of rotatable bonds is 7. The normalized spacial score (nSPS) is 14.0. The van der Waals surface area contributed by atoms with Gasteiger partial charge in [-0.05, 0) is 30.5 Å². The Kier molecular flexibility index (Phi) is 6.76. The van der Waals surface area contributed by atoms with Crippen LogP contribution in [-0.2, 0) is 29.9 Å². The van der Waals surface area contributed by atoms with Crippen molar-refractivity contribution in [1.29, 1.82) is 0 Å². The number of halogens is 1. The van der Waals surface area contributed by atoms with Crippen LogP contribution >= 0.6 is 23.4 Å². The van der Waals surface area contributed by atoms with Crippen molar-refractivity contribution >= 4 is 29.3 Å². The predicted octanol–water partition coefficient (Wildman–Crippen LogP) is 3.25. The van der Waals surface area contributed by atoms with E-state index in [9.17, 15) is 4.79 Å². The number of thioether (sulfide) groups is 1. The lowest BCUT2D eigenvalue weighted by atomic mass is 10.2. The maximum absolute atomic E-state index is 12.0. The van der Waals surface area contributed by atoms with Crippen molar-refractivity contribution in [2.24, 2.45) is 0 Å². The van der Waals surface area contributed by atoms with E-state index in [0.717, 1.165) is 41.8 Å². The lowest BCUT2D eigenvalue weighted by molar-refractivity contribution is -0.118. The van der Waals surface area contributed by atoms with Crippen LogP contribution in [0.3, 0.4) is 0 Å². The van der Waals surface area contributed by atoms with Gasteiger partial charge in [0.1, 0.15) is 11.6 Å². The summed E-state index contributed by atoms with van der Waals surface area (Å²) < 4.78 is 2.23. The summed E-state index contributed by atoms with van der Waals surface area (Å²) in [6.45, 7) is 1.61. The molecule has 0 saturated carbocycles. The summed E-state index contributed by atoms with van der Waals surface area (Å²) in [6, 6.07) is 7.73. The zero-order valence-electron chi connectivity index (χ0n) is 14.2. The maximum atomic E-state index is 12.0. The molecule has 1 aliphatic rings. The fourth-order valence-corrected chi connectivity index (χ4v) is 3.88. The highest BCUT2D eigenvalue weighted by atomic mass is 35.5. The topological polar surface area (TPSA) is 59.8 Å². The first-order valence-electron chi connectivity index (χ1n) is 8.72. The number of aromatic nitrogens is 3. The number of amides is 1. The minimum absolute atomic E-state index is 0.0644. The lowest BCUT2D eigenvalue weighted by Gasteiger charge is -2.08. The molecule has 25 heavy (non-hydrogen) atoms. The van der Waals surface area contributed by atoms with E-state index in [2.05, 4.69) is 20.1 Å². The molecular formula is C18H23ClN4OS. The Morgan fingerprint density at radius 1 is 1.20 bits per heavy atom. The third-order valence-corrected chi connectivity index (χ3v) is 5.53. The second kappa shape index (κ2) is 9.25. The molecule has 3 rings (SSSR count). The van der Waals surface area contributed by atoms with Gasteiger partial charge in [-0.2, -0.15) is 0 Å². The molecule has 5 nitrogen and oxygen atoms in total. The molecule has 0 unspecified atom stereocenters. The van der Waals surface area contributed by atoms with E-state index in [0.29, 0.717) is 12.3 Å². The molecule has 0 radical (unpaired) electrons. The molecule has 1 aliphatic heterocycles. The third kappa shape index (κ3) is 5.47. The second-order valence-electron chi connectivity index (χ2n) is 6.21. The summed E-state index contributed by atoms with van der Waals surface area (Å²) >= 11 is 7.47. The van der Waals surface area contributed by atoms with Crippen LogP contribution in [0, 0.1) is 0 Å². The third-order valence-electron chi connectivity index (χ3n) is 4.27. The van der Waals surface area contributed by atoms with Gasteiger partial charge in [0.2, 0.25) is 5.91 Å². The molecule has 1 aromatic carbocycles. The van der Waals surface area contributed by atoms with Crippen molar-refractivity contribution in [2.45, 2.75) is 44.4 Å². The van der Waals surface area contributed by atoms with Crippen molar-refractivity contribution in [3.63, 3.8) is 0 Å². The first kappa shape index (κ1) is 18.3. The molecule has 0 atom stereocenters. The number of aryl methyl sites for hydroxylation is 1. The van der Waals surface area contributed by atoms with Crippen LogP contribution in [-0.4, -0.2) is 33.0 Å². The van der Waals surface area contributed by atoms with Gasteiger partial charge in [0.15, 0.2) is 0 Å². The second-order valence-corrected chi connectivity index (χ2v) is 7.64. The Morgan fingerprint density at radius 2 is 2.04 bits per heavy atom. The van der Waals surface area contributed by atoms with Crippen molar-refractivity contribution in [3.05, 3.63) is 46.5 Å². The Morgan fingerprint density at radius 3 is 2.88 bits per heavy atom. The Balaban J connectivity index is 1.37. The smallest absolute Gasteiger partial charge is 0.230 e. The van der Waals surface area contributed by atoms with Gasteiger partial charge < -0.3 is 9.88 Å². The summed E-state index contributed by atoms with van der Waals surface area (Å²) in [4.78, 5) is 12.0. The average Bonchev–Trinajstić information content (AvgIpc) is 2.84. The fraction of sp³-hybridized carbons (Fsp3) is 0.500. The first-order valence-corrected chi connectivity index (χ1v) is 10.3. The molecule has 0 aliphatic carbocycles. The number of benzene rings is 1. The van der Waals surface area contributed by atoms with Crippen LogP contribution in [0.1, 0.15) is 36.5 Å². The number of carbonyl (C=O) groups is 1. The fourth-order valence-electron chi connectivity index (χ4n) is 2.94. The lowest BCUT2D eigenvalue weighted by Crippen LogP contribution is -2.28.